The molecule has 8 heteroatoms. The van der Waals surface area contributed by atoms with Gasteiger partial charge in [0.25, 0.3) is 0 Å². The topological polar surface area (TPSA) is 67.7 Å². The Balaban J connectivity index is 1.46. The van der Waals surface area contributed by atoms with Crippen LogP contribution in [0.5, 0.6) is 0 Å². The number of β-amino-alcohol motifs (C(OH)–C–C–N with tert-alkyl or cyclic N) is 1. The van der Waals surface area contributed by atoms with E-state index in [4.69, 9.17) is 14.4 Å². The van der Waals surface area contributed by atoms with E-state index >= 15 is 0 Å². The van der Waals surface area contributed by atoms with Crippen LogP contribution in [-0.4, -0.2) is 70.3 Å². The number of nitrogens with zero attached hydrogens (tertiary/aromatic N) is 3. The summed E-state index contributed by atoms with van der Waals surface area (Å²) in [6.45, 7) is 11.5. The Kier molecular flexibility index (Phi) is 6.85. The van der Waals surface area contributed by atoms with Crippen LogP contribution in [-0.2, 0) is 9.31 Å². The van der Waals surface area contributed by atoms with Gasteiger partial charge in [-0.05, 0) is 59.4 Å². The first-order valence-electron chi connectivity index (χ1n) is 9.94. The summed E-state index contributed by atoms with van der Waals surface area (Å²) in [5.41, 5.74) is 0.161. The highest BCUT2D eigenvalue weighted by Crippen LogP contribution is 2.36. The van der Waals surface area contributed by atoms with Crippen LogP contribution in [0.2, 0.25) is 0 Å². The molecular formula is C19H32BN3O3S. The van der Waals surface area contributed by atoms with Crippen LogP contribution in [0.1, 0.15) is 47.0 Å². The summed E-state index contributed by atoms with van der Waals surface area (Å²) in [6, 6.07) is 0. The molecular weight excluding hydrogens is 361 g/mol. The molecule has 0 saturated carbocycles. The summed E-state index contributed by atoms with van der Waals surface area (Å²) in [5, 5.41) is 9.91. The van der Waals surface area contributed by atoms with E-state index in [1.807, 2.05) is 40.1 Å². The smallest absolute Gasteiger partial charge is 0.399 e. The maximum Gasteiger partial charge on any atom is 0.498 e. The molecule has 1 aromatic heterocycles. The first-order chi connectivity index (χ1) is 12.8. The molecule has 2 saturated heterocycles. The monoisotopic (exact) mass is 393 g/mol. The Hall–Kier alpha value is -0.665. The molecule has 3 rings (SSSR count). The SMILES string of the molecule is CC1(C)OB(c2cnc(SCC[C@@H]3CCCN(CCO)C3)nc2)OC1(C)C. The van der Waals surface area contributed by atoms with Crippen molar-refractivity contribution in [3.05, 3.63) is 12.4 Å². The van der Waals surface area contributed by atoms with Crippen molar-refractivity contribution in [2.45, 2.75) is 63.3 Å². The van der Waals surface area contributed by atoms with E-state index in [1.165, 1.54) is 12.8 Å². The predicted molar refractivity (Wildman–Crippen MR) is 109 cm³/mol. The van der Waals surface area contributed by atoms with Gasteiger partial charge < -0.3 is 19.3 Å². The normalized spacial score (nSPS) is 25.1. The Labute approximate surface area is 167 Å². The standard InChI is InChI=1S/C19H32BN3O3S/c1-18(2)19(3,4)26-20(25-18)16-12-21-17(22-13-16)27-11-7-15-6-5-8-23(14-15)9-10-24/h12-13,15,24H,5-11,14H2,1-4H3/t15-/m0/s1. The first-order valence-corrected chi connectivity index (χ1v) is 10.9. The van der Waals surface area contributed by atoms with E-state index in [2.05, 4.69) is 14.9 Å². The van der Waals surface area contributed by atoms with Crippen molar-refractivity contribution in [3.63, 3.8) is 0 Å². The van der Waals surface area contributed by atoms with E-state index < -0.39 is 7.12 Å². The fraction of sp³-hybridized carbons (Fsp3) is 0.789. The summed E-state index contributed by atoms with van der Waals surface area (Å²) in [7, 11) is -0.409. The van der Waals surface area contributed by atoms with Gasteiger partial charge in [0.1, 0.15) is 0 Å². The summed E-state index contributed by atoms with van der Waals surface area (Å²) >= 11 is 1.71. The predicted octanol–water partition coefficient (Wildman–Crippen LogP) is 1.96. The molecule has 150 valence electrons. The van der Waals surface area contributed by atoms with Gasteiger partial charge in [-0.3, -0.25) is 0 Å². The van der Waals surface area contributed by atoms with Gasteiger partial charge in [0.15, 0.2) is 5.16 Å². The zero-order valence-electron chi connectivity index (χ0n) is 17.0. The van der Waals surface area contributed by atoms with Crippen LogP contribution in [0.4, 0.5) is 0 Å². The Bertz CT molecular complexity index is 597. The lowest BCUT2D eigenvalue weighted by atomic mass is 9.81. The molecule has 1 aromatic rings. The minimum absolute atomic E-state index is 0.254. The highest BCUT2D eigenvalue weighted by Gasteiger charge is 2.51. The third-order valence-corrected chi connectivity index (χ3v) is 6.86. The molecule has 2 fully saturated rings. The molecule has 0 radical (unpaired) electrons. The lowest BCUT2D eigenvalue weighted by Crippen LogP contribution is -2.41. The second-order valence-electron chi connectivity index (χ2n) is 8.56. The second-order valence-corrected chi connectivity index (χ2v) is 9.62. The van der Waals surface area contributed by atoms with E-state index in [0.29, 0.717) is 5.92 Å². The van der Waals surface area contributed by atoms with E-state index in [0.717, 1.165) is 42.4 Å². The Morgan fingerprint density at radius 2 is 1.89 bits per heavy atom. The Morgan fingerprint density at radius 3 is 2.52 bits per heavy atom. The first kappa shape index (κ1) is 21.1. The van der Waals surface area contributed by atoms with Crippen molar-refractivity contribution < 1.29 is 14.4 Å². The number of rotatable bonds is 7. The van der Waals surface area contributed by atoms with Crippen molar-refractivity contribution in [2.24, 2.45) is 5.92 Å². The lowest BCUT2D eigenvalue weighted by molar-refractivity contribution is 0.00578. The molecule has 0 aromatic carbocycles. The largest absolute Gasteiger partial charge is 0.498 e. The van der Waals surface area contributed by atoms with Crippen LogP contribution in [0.15, 0.2) is 17.6 Å². The fourth-order valence-electron chi connectivity index (χ4n) is 3.55. The maximum atomic E-state index is 9.11. The highest BCUT2D eigenvalue weighted by molar-refractivity contribution is 7.99. The number of aromatic nitrogens is 2. The number of likely N-dealkylation sites (tertiary alicyclic amines) is 1. The molecule has 0 bridgehead atoms. The number of hydrogen-bond acceptors (Lipinski definition) is 7. The van der Waals surface area contributed by atoms with Crippen molar-refractivity contribution in [1.29, 1.82) is 0 Å². The van der Waals surface area contributed by atoms with Crippen LogP contribution in [0.25, 0.3) is 0 Å². The van der Waals surface area contributed by atoms with Crippen LogP contribution in [0.3, 0.4) is 0 Å². The second kappa shape index (κ2) is 8.78. The third-order valence-electron chi connectivity index (χ3n) is 5.95. The average Bonchev–Trinajstić information content (AvgIpc) is 2.84. The summed E-state index contributed by atoms with van der Waals surface area (Å²) < 4.78 is 12.1. The quantitative estimate of drug-likeness (QED) is 0.432. The van der Waals surface area contributed by atoms with Gasteiger partial charge in [-0.25, -0.2) is 9.97 Å². The summed E-state index contributed by atoms with van der Waals surface area (Å²) in [5.74, 6) is 1.73. The van der Waals surface area contributed by atoms with Gasteiger partial charge in [0.2, 0.25) is 0 Å². The molecule has 3 heterocycles. The van der Waals surface area contributed by atoms with Gasteiger partial charge in [0.05, 0.1) is 17.8 Å². The molecule has 2 aliphatic heterocycles. The number of hydrogen-bond donors (Lipinski definition) is 1. The van der Waals surface area contributed by atoms with Crippen molar-refractivity contribution >= 4 is 24.3 Å². The van der Waals surface area contributed by atoms with E-state index in [-0.39, 0.29) is 17.8 Å². The molecule has 0 aliphatic carbocycles. The van der Waals surface area contributed by atoms with Crippen molar-refractivity contribution in [2.75, 3.05) is 32.0 Å². The van der Waals surface area contributed by atoms with Gasteiger partial charge >= 0.3 is 7.12 Å². The van der Waals surface area contributed by atoms with Crippen molar-refractivity contribution in [3.8, 4) is 0 Å². The maximum absolute atomic E-state index is 9.11. The summed E-state index contributed by atoms with van der Waals surface area (Å²) in [6.07, 6.45) is 7.32. The van der Waals surface area contributed by atoms with Gasteiger partial charge in [-0.15, -0.1) is 0 Å². The van der Waals surface area contributed by atoms with Gasteiger partial charge in [-0.1, -0.05) is 11.8 Å². The zero-order valence-corrected chi connectivity index (χ0v) is 17.8. The highest BCUT2D eigenvalue weighted by atomic mass is 32.2. The van der Waals surface area contributed by atoms with Crippen LogP contribution in [0, 0.1) is 5.92 Å². The Morgan fingerprint density at radius 1 is 1.22 bits per heavy atom. The molecule has 27 heavy (non-hydrogen) atoms. The van der Waals surface area contributed by atoms with Gasteiger partial charge in [-0.2, -0.15) is 0 Å². The molecule has 6 nitrogen and oxygen atoms in total. The fourth-order valence-corrected chi connectivity index (χ4v) is 4.44. The number of aliphatic hydroxyl groups excluding tert-OH is 1. The van der Waals surface area contributed by atoms with E-state index in [9.17, 15) is 0 Å². The minimum Gasteiger partial charge on any atom is -0.399 e. The third kappa shape index (κ3) is 5.23. The number of aliphatic hydroxyl groups is 1. The molecule has 0 spiro atoms. The van der Waals surface area contributed by atoms with Gasteiger partial charge in [0, 0.05) is 36.7 Å². The van der Waals surface area contributed by atoms with Crippen LogP contribution >= 0.6 is 11.8 Å². The zero-order chi connectivity index (χ0) is 19.5. The van der Waals surface area contributed by atoms with E-state index in [1.54, 1.807) is 11.8 Å². The van der Waals surface area contributed by atoms with Crippen molar-refractivity contribution in [1.82, 2.24) is 14.9 Å². The number of piperidine rings is 1. The molecule has 1 N–H and O–H groups in total. The number of thioether (sulfide) groups is 1. The molecule has 0 amide bonds. The minimum atomic E-state index is -0.409. The van der Waals surface area contributed by atoms with Crippen LogP contribution < -0.4 is 5.46 Å². The molecule has 2 aliphatic rings. The average molecular weight is 393 g/mol. The molecule has 0 unspecified atom stereocenters. The lowest BCUT2D eigenvalue weighted by Gasteiger charge is -2.32. The summed E-state index contributed by atoms with van der Waals surface area (Å²) in [4.78, 5) is 11.4. The molecule has 1 atom stereocenters.